The predicted molar refractivity (Wildman–Crippen MR) is 64.8 cm³/mol. The Morgan fingerprint density at radius 3 is 3.35 bits per heavy atom. The molecule has 0 aliphatic carbocycles. The van der Waals surface area contributed by atoms with Gasteiger partial charge in [-0.1, -0.05) is 6.07 Å². The minimum absolute atomic E-state index is 0.523. The molecule has 0 saturated carbocycles. The molecule has 2 heterocycles. The van der Waals surface area contributed by atoms with Crippen molar-refractivity contribution in [1.82, 2.24) is 10.3 Å². The number of carbonyl (C=O) groups is 1. The van der Waals surface area contributed by atoms with Gasteiger partial charge in [-0.3, -0.25) is 4.79 Å². The number of nitrogens with one attached hydrogen (secondary N) is 1. The van der Waals surface area contributed by atoms with E-state index in [2.05, 4.69) is 10.3 Å². The summed E-state index contributed by atoms with van der Waals surface area (Å²) >= 11 is 1.63. The first-order chi connectivity index (χ1) is 8.38. The zero-order valence-electron chi connectivity index (χ0n) is 8.97. The minimum atomic E-state index is 0.523. The summed E-state index contributed by atoms with van der Waals surface area (Å²) < 4.78 is 5.66. The van der Waals surface area contributed by atoms with E-state index in [-0.39, 0.29) is 0 Å². The van der Waals surface area contributed by atoms with Crippen molar-refractivity contribution >= 4 is 17.7 Å². The van der Waals surface area contributed by atoms with Gasteiger partial charge >= 0.3 is 0 Å². The number of fused-ring (bicyclic) bond motifs is 3. The molecule has 2 aromatic rings. The first-order valence-corrected chi connectivity index (χ1v) is 6.12. The molecule has 5 heteroatoms. The summed E-state index contributed by atoms with van der Waals surface area (Å²) in [5.74, 6) is 0.868. The molecule has 0 spiro atoms. The van der Waals surface area contributed by atoms with Gasteiger partial charge in [0, 0.05) is 12.1 Å². The monoisotopic (exact) mass is 246 g/mol. The van der Waals surface area contributed by atoms with Gasteiger partial charge < -0.3 is 10.1 Å². The third kappa shape index (κ3) is 1.78. The fourth-order valence-electron chi connectivity index (χ4n) is 1.88. The lowest BCUT2D eigenvalue weighted by molar-refractivity contribution is -0.109. The van der Waals surface area contributed by atoms with E-state index in [1.807, 2.05) is 23.7 Å². The van der Waals surface area contributed by atoms with Crippen LogP contribution in [-0.4, -0.2) is 11.4 Å². The molecular formula is C12H10N2O2S. The molecule has 86 valence electrons. The Morgan fingerprint density at radius 1 is 1.53 bits per heavy atom. The van der Waals surface area contributed by atoms with Crippen LogP contribution in [0.2, 0.25) is 0 Å². The molecule has 1 amide bonds. The molecule has 0 saturated heterocycles. The maximum Gasteiger partial charge on any atom is 0.207 e. The number of hydrogen-bond acceptors (Lipinski definition) is 4. The standard InChI is InChI=1S/C12H10N2O2S/c15-6-13-4-8-1-2-9-11(3-8)16-5-10-12(9)17-7-14-10/h1-3,6-7H,4-5H2,(H,13,15). The van der Waals surface area contributed by atoms with Crippen LogP contribution in [0.25, 0.3) is 10.4 Å². The van der Waals surface area contributed by atoms with Crippen molar-refractivity contribution in [1.29, 1.82) is 0 Å². The van der Waals surface area contributed by atoms with Crippen LogP contribution in [0.1, 0.15) is 11.3 Å². The average Bonchev–Trinajstić information content (AvgIpc) is 2.84. The molecule has 3 rings (SSSR count). The number of amides is 1. The van der Waals surface area contributed by atoms with Crippen molar-refractivity contribution < 1.29 is 9.53 Å². The molecular weight excluding hydrogens is 236 g/mol. The van der Waals surface area contributed by atoms with E-state index in [1.54, 1.807) is 11.3 Å². The van der Waals surface area contributed by atoms with Gasteiger partial charge in [0.1, 0.15) is 12.4 Å². The van der Waals surface area contributed by atoms with Crippen molar-refractivity contribution in [2.24, 2.45) is 0 Å². The van der Waals surface area contributed by atoms with Crippen molar-refractivity contribution in [2.45, 2.75) is 13.2 Å². The van der Waals surface area contributed by atoms with Gasteiger partial charge in [-0.25, -0.2) is 4.98 Å². The molecule has 0 fully saturated rings. The molecule has 0 radical (unpaired) electrons. The Balaban J connectivity index is 1.98. The van der Waals surface area contributed by atoms with E-state index >= 15 is 0 Å². The number of ether oxygens (including phenoxy) is 1. The number of rotatable bonds is 3. The number of aromatic nitrogens is 1. The number of nitrogens with zero attached hydrogens (tertiary/aromatic N) is 1. The minimum Gasteiger partial charge on any atom is -0.487 e. The molecule has 1 N–H and O–H groups in total. The second-order valence-electron chi connectivity index (χ2n) is 3.75. The van der Waals surface area contributed by atoms with E-state index in [9.17, 15) is 4.79 Å². The second kappa shape index (κ2) is 4.18. The quantitative estimate of drug-likeness (QED) is 0.842. The zero-order chi connectivity index (χ0) is 11.7. The van der Waals surface area contributed by atoms with Crippen molar-refractivity contribution in [3.8, 4) is 16.2 Å². The molecule has 1 aromatic heterocycles. The van der Waals surface area contributed by atoms with Gasteiger partial charge in [-0.05, 0) is 17.7 Å². The van der Waals surface area contributed by atoms with Crippen LogP contribution in [0.3, 0.4) is 0 Å². The lowest BCUT2D eigenvalue weighted by Crippen LogP contribution is -2.10. The van der Waals surface area contributed by atoms with E-state index in [4.69, 9.17) is 4.74 Å². The van der Waals surface area contributed by atoms with Gasteiger partial charge in [0.25, 0.3) is 0 Å². The Labute approximate surface area is 102 Å². The highest BCUT2D eigenvalue weighted by Gasteiger charge is 2.19. The van der Waals surface area contributed by atoms with Crippen LogP contribution in [-0.2, 0) is 17.9 Å². The van der Waals surface area contributed by atoms with Crippen molar-refractivity contribution in [3.05, 3.63) is 35.0 Å². The van der Waals surface area contributed by atoms with Crippen molar-refractivity contribution in [3.63, 3.8) is 0 Å². The van der Waals surface area contributed by atoms with Gasteiger partial charge in [-0.2, -0.15) is 0 Å². The normalized spacial score (nSPS) is 12.2. The zero-order valence-corrected chi connectivity index (χ0v) is 9.79. The summed E-state index contributed by atoms with van der Waals surface area (Å²) in [6.45, 7) is 1.05. The third-order valence-electron chi connectivity index (χ3n) is 2.69. The summed E-state index contributed by atoms with van der Waals surface area (Å²) in [5.41, 5.74) is 4.96. The van der Waals surface area contributed by atoms with Crippen LogP contribution in [0.15, 0.2) is 23.7 Å². The van der Waals surface area contributed by atoms with E-state index in [0.29, 0.717) is 19.6 Å². The summed E-state index contributed by atoms with van der Waals surface area (Å²) in [4.78, 5) is 15.7. The summed E-state index contributed by atoms with van der Waals surface area (Å²) in [6, 6.07) is 5.98. The largest absolute Gasteiger partial charge is 0.487 e. The van der Waals surface area contributed by atoms with Gasteiger partial charge in [0.05, 0.1) is 16.1 Å². The number of benzene rings is 1. The maximum absolute atomic E-state index is 10.2. The smallest absolute Gasteiger partial charge is 0.207 e. The lowest BCUT2D eigenvalue weighted by atomic mass is 10.1. The third-order valence-corrected chi connectivity index (χ3v) is 3.59. The lowest BCUT2D eigenvalue weighted by Gasteiger charge is -2.17. The van der Waals surface area contributed by atoms with Crippen LogP contribution in [0, 0.1) is 0 Å². The molecule has 17 heavy (non-hydrogen) atoms. The fraction of sp³-hybridized carbons (Fsp3) is 0.167. The maximum atomic E-state index is 10.2. The van der Waals surface area contributed by atoms with E-state index in [0.717, 1.165) is 22.6 Å². The first-order valence-electron chi connectivity index (χ1n) is 5.24. The van der Waals surface area contributed by atoms with Gasteiger partial charge in [-0.15, -0.1) is 11.3 Å². The van der Waals surface area contributed by atoms with Crippen LogP contribution >= 0.6 is 11.3 Å². The molecule has 1 aliphatic heterocycles. The highest BCUT2D eigenvalue weighted by molar-refractivity contribution is 7.13. The van der Waals surface area contributed by atoms with Crippen LogP contribution in [0.5, 0.6) is 5.75 Å². The fourth-order valence-corrected chi connectivity index (χ4v) is 2.71. The molecule has 1 aromatic carbocycles. The predicted octanol–water partition coefficient (Wildman–Crippen LogP) is 1.95. The summed E-state index contributed by atoms with van der Waals surface area (Å²) in [6.07, 6.45) is 0.696. The number of thiazole rings is 1. The number of hydrogen-bond donors (Lipinski definition) is 1. The van der Waals surface area contributed by atoms with E-state index < -0.39 is 0 Å². The Kier molecular flexibility index (Phi) is 2.53. The SMILES string of the molecule is O=CNCc1ccc2c(c1)OCc1ncsc1-2. The molecule has 0 atom stereocenters. The summed E-state index contributed by atoms with van der Waals surface area (Å²) in [7, 11) is 0. The molecule has 4 nitrogen and oxygen atoms in total. The van der Waals surface area contributed by atoms with Crippen LogP contribution < -0.4 is 10.1 Å². The Bertz CT molecular complexity index is 565. The highest BCUT2D eigenvalue weighted by Crippen LogP contribution is 2.39. The summed E-state index contributed by atoms with van der Waals surface area (Å²) in [5, 5.41) is 2.64. The highest BCUT2D eigenvalue weighted by atomic mass is 32.1. The Hall–Kier alpha value is -1.88. The van der Waals surface area contributed by atoms with E-state index in [1.165, 1.54) is 4.88 Å². The van der Waals surface area contributed by atoms with Crippen LogP contribution in [0.4, 0.5) is 0 Å². The topological polar surface area (TPSA) is 51.2 Å². The van der Waals surface area contributed by atoms with Crippen molar-refractivity contribution in [2.75, 3.05) is 0 Å². The number of carbonyl (C=O) groups excluding carboxylic acids is 1. The molecule has 0 unspecified atom stereocenters. The van der Waals surface area contributed by atoms with Gasteiger partial charge in [0.15, 0.2) is 0 Å². The molecule has 0 bridgehead atoms. The first kappa shape index (κ1) is 10.3. The Morgan fingerprint density at radius 2 is 2.47 bits per heavy atom. The average molecular weight is 246 g/mol. The van der Waals surface area contributed by atoms with Gasteiger partial charge in [0.2, 0.25) is 6.41 Å². The second-order valence-corrected chi connectivity index (χ2v) is 4.60. The molecule has 1 aliphatic rings.